The zero-order valence-electron chi connectivity index (χ0n) is 13.3. The predicted octanol–water partition coefficient (Wildman–Crippen LogP) is 0.481. The first kappa shape index (κ1) is 17.0. The van der Waals surface area contributed by atoms with Crippen LogP contribution in [0.2, 0.25) is 5.02 Å². The number of morpholine rings is 1. The molecule has 3 rings (SSSR count). The van der Waals surface area contributed by atoms with Crippen LogP contribution in [0.1, 0.15) is 16.8 Å². The molecule has 0 saturated carbocycles. The highest BCUT2D eigenvalue weighted by Gasteiger charge is 2.15. The van der Waals surface area contributed by atoms with E-state index < -0.39 is 11.5 Å². The molecule has 2 N–H and O–H groups in total. The van der Waals surface area contributed by atoms with Gasteiger partial charge < -0.3 is 19.4 Å². The van der Waals surface area contributed by atoms with E-state index in [2.05, 4.69) is 5.32 Å². The number of ether oxygens (including phenoxy) is 1. The van der Waals surface area contributed by atoms with E-state index in [-0.39, 0.29) is 5.56 Å². The van der Waals surface area contributed by atoms with Gasteiger partial charge >= 0.3 is 5.63 Å². The van der Waals surface area contributed by atoms with Gasteiger partial charge in [0.25, 0.3) is 5.91 Å². The van der Waals surface area contributed by atoms with Crippen LogP contribution in [-0.4, -0.2) is 45.3 Å². The van der Waals surface area contributed by atoms with Gasteiger partial charge in [-0.05, 0) is 24.3 Å². The van der Waals surface area contributed by atoms with E-state index >= 15 is 0 Å². The second-order valence-electron chi connectivity index (χ2n) is 5.85. The number of carbonyl (C=O) groups excluding carboxylic acids is 1. The van der Waals surface area contributed by atoms with Gasteiger partial charge in [0.15, 0.2) is 0 Å². The van der Waals surface area contributed by atoms with Gasteiger partial charge in [-0.25, -0.2) is 4.79 Å². The van der Waals surface area contributed by atoms with E-state index in [1.807, 2.05) is 0 Å². The summed E-state index contributed by atoms with van der Waals surface area (Å²) in [6.45, 7) is 5.10. The van der Waals surface area contributed by atoms with Crippen molar-refractivity contribution >= 4 is 28.5 Å². The van der Waals surface area contributed by atoms with Gasteiger partial charge in [0.1, 0.15) is 24.2 Å². The van der Waals surface area contributed by atoms with Gasteiger partial charge in [-0.2, -0.15) is 0 Å². The van der Waals surface area contributed by atoms with Crippen molar-refractivity contribution in [3.8, 4) is 0 Å². The fraction of sp³-hybridized carbons (Fsp3) is 0.412. The van der Waals surface area contributed by atoms with Crippen molar-refractivity contribution in [3.63, 3.8) is 0 Å². The van der Waals surface area contributed by atoms with Gasteiger partial charge in [-0.15, -0.1) is 0 Å². The molecule has 7 heteroatoms. The number of hydrogen-bond acceptors (Lipinski definition) is 4. The number of quaternary nitrogens is 1. The second kappa shape index (κ2) is 7.79. The molecule has 1 saturated heterocycles. The Morgan fingerprint density at radius 3 is 2.83 bits per heavy atom. The molecule has 0 bridgehead atoms. The number of carbonyl (C=O) groups is 1. The van der Waals surface area contributed by atoms with E-state index in [4.69, 9.17) is 20.8 Å². The molecule has 1 fully saturated rings. The third kappa shape index (κ3) is 4.14. The summed E-state index contributed by atoms with van der Waals surface area (Å²) in [4.78, 5) is 25.7. The molecule has 1 aliphatic rings. The minimum absolute atomic E-state index is 0.00323. The summed E-state index contributed by atoms with van der Waals surface area (Å²) in [5.41, 5.74) is -0.221. The molecule has 1 aromatic heterocycles. The van der Waals surface area contributed by atoms with Crippen molar-refractivity contribution in [2.75, 3.05) is 39.4 Å². The van der Waals surface area contributed by atoms with Crippen LogP contribution in [0.15, 0.2) is 33.5 Å². The first-order valence-electron chi connectivity index (χ1n) is 8.06. The van der Waals surface area contributed by atoms with Crippen LogP contribution in [0, 0.1) is 0 Å². The maximum atomic E-state index is 12.2. The zero-order valence-corrected chi connectivity index (χ0v) is 14.0. The molecule has 2 aromatic rings. The zero-order chi connectivity index (χ0) is 16.9. The van der Waals surface area contributed by atoms with E-state index in [1.54, 1.807) is 18.2 Å². The molecule has 1 aromatic carbocycles. The Morgan fingerprint density at radius 1 is 1.25 bits per heavy atom. The summed E-state index contributed by atoms with van der Waals surface area (Å²) in [6.07, 6.45) is 0.853. The lowest BCUT2D eigenvalue weighted by Gasteiger charge is -2.23. The molecule has 128 valence electrons. The van der Waals surface area contributed by atoms with Gasteiger partial charge in [0, 0.05) is 23.4 Å². The number of rotatable bonds is 5. The SMILES string of the molecule is O=C(NCCC[NH+]1CCOCC1)c1cc2cc(Cl)ccc2oc1=O. The molecule has 2 heterocycles. The molecule has 0 spiro atoms. The lowest BCUT2D eigenvalue weighted by molar-refractivity contribution is -0.908. The lowest BCUT2D eigenvalue weighted by atomic mass is 10.2. The number of hydrogen-bond donors (Lipinski definition) is 2. The van der Waals surface area contributed by atoms with Gasteiger partial charge in [0.05, 0.1) is 19.8 Å². The predicted molar refractivity (Wildman–Crippen MR) is 90.8 cm³/mol. The van der Waals surface area contributed by atoms with Crippen molar-refractivity contribution in [2.24, 2.45) is 0 Å². The summed E-state index contributed by atoms with van der Waals surface area (Å²) >= 11 is 5.94. The monoisotopic (exact) mass is 351 g/mol. The molecule has 6 nitrogen and oxygen atoms in total. The Balaban J connectivity index is 1.59. The minimum atomic E-state index is -0.638. The maximum Gasteiger partial charge on any atom is 0.349 e. The number of benzene rings is 1. The molecular formula is C17H20ClN2O4+. The lowest BCUT2D eigenvalue weighted by Crippen LogP contribution is -3.14. The molecule has 1 aliphatic heterocycles. The van der Waals surface area contributed by atoms with Crippen molar-refractivity contribution in [1.82, 2.24) is 5.32 Å². The van der Waals surface area contributed by atoms with Crippen LogP contribution >= 0.6 is 11.6 Å². The Hall–Kier alpha value is -1.89. The normalized spacial score (nSPS) is 15.5. The van der Waals surface area contributed by atoms with Crippen molar-refractivity contribution in [1.29, 1.82) is 0 Å². The third-order valence-corrected chi connectivity index (χ3v) is 4.37. The van der Waals surface area contributed by atoms with Gasteiger partial charge in [0.2, 0.25) is 0 Å². The average molecular weight is 352 g/mol. The second-order valence-corrected chi connectivity index (χ2v) is 6.29. The highest BCUT2D eigenvalue weighted by molar-refractivity contribution is 6.31. The van der Waals surface area contributed by atoms with Crippen molar-refractivity contribution in [2.45, 2.75) is 6.42 Å². The number of amides is 1. The smallest absolute Gasteiger partial charge is 0.349 e. The summed E-state index contributed by atoms with van der Waals surface area (Å²) < 4.78 is 10.5. The minimum Gasteiger partial charge on any atom is -0.422 e. The highest BCUT2D eigenvalue weighted by atomic mass is 35.5. The summed E-state index contributed by atoms with van der Waals surface area (Å²) in [6, 6.07) is 6.44. The van der Waals surface area contributed by atoms with Crippen LogP contribution in [0.4, 0.5) is 0 Å². The van der Waals surface area contributed by atoms with E-state index in [0.717, 1.165) is 39.3 Å². The van der Waals surface area contributed by atoms with Crippen LogP contribution in [0.3, 0.4) is 0 Å². The van der Waals surface area contributed by atoms with Crippen LogP contribution in [-0.2, 0) is 4.74 Å². The van der Waals surface area contributed by atoms with E-state index in [0.29, 0.717) is 22.5 Å². The standard InChI is InChI=1S/C17H19ClN2O4/c18-13-2-3-15-12(10-13)11-14(17(22)24-15)16(21)19-4-1-5-20-6-8-23-9-7-20/h2-3,10-11H,1,4-9H2,(H,19,21)/p+1. The fourth-order valence-corrected chi connectivity index (χ4v) is 2.98. The Labute approximate surface area is 144 Å². The summed E-state index contributed by atoms with van der Waals surface area (Å²) in [5, 5.41) is 3.94. The van der Waals surface area contributed by atoms with Crippen LogP contribution in [0.25, 0.3) is 11.0 Å². The van der Waals surface area contributed by atoms with E-state index in [9.17, 15) is 9.59 Å². The Bertz CT molecular complexity index is 784. The van der Waals surface area contributed by atoms with Crippen molar-refractivity contribution in [3.05, 3.63) is 45.3 Å². The quantitative estimate of drug-likeness (QED) is 0.607. The first-order chi connectivity index (χ1) is 11.6. The molecule has 24 heavy (non-hydrogen) atoms. The number of fused-ring (bicyclic) bond motifs is 1. The molecule has 0 radical (unpaired) electrons. The van der Waals surface area contributed by atoms with E-state index in [1.165, 1.54) is 11.0 Å². The van der Waals surface area contributed by atoms with Crippen LogP contribution < -0.4 is 15.8 Å². The topological polar surface area (TPSA) is 73.0 Å². The largest absolute Gasteiger partial charge is 0.422 e. The third-order valence-electron chi connectivity index (χ3n) is 4.13. The summed E-state index contributed by atoms with van der Waals surface area (Å²) in [7, 11) is 0. The molecule has 0 unspecified atom stereocenters. The molecule has 0 atom stereocenters. The molecule has 0 aliphatic carbocycles. The summed E-state index contributed by atoms with van der Waals surface area (Å²) in [5.74, 6) is -0.414. The van der Waals surface area contributed by atoms with Gasteiger partial charge in [-0.1, -0.05) is 11.6 Å². The fourth-order valence-electron chi connectivity index (χ4n) is 2.80. The highest BCUT2D eigenvalue weighted by Crippen LogP contribution is 2.18. The molecule has 1 amide bonds. The molecular weight excluding hydrogens is 332 g/mol. The average Bonchev–Trinajstić information content (AvgIpc) is 2.59. The van der Waals surface area contributed by atoms with Crippen LogP contribution in [0.5, 0.6) is 0 Å². The number of halogens is 1. The number of nitrogens with one attached hydrogen (secondary N) is 2. The Morgan fingerprint density at radius 2 is 2.04 bits per heavy atom. The van der Waals surface area contributed by atoms with Gasteiger partial charge in [-0.3, -0.25) is 4.79 Å². The first-order valence-corrected chi connectivity index (χ1v) is 8.44. The Kier molecular flexibility index (Phi) is 5.50. The van der Waals surface area contributed by atoms with Crippen molar-refractivity contribution < 1.29 is 18.8 Å². The maximum absolute atomic E-state index is 12.2.